The number of unbranched alkanes of at least 4 members (excludes halogenated alkanes) is 1. The van der Waals surface area contributed by atoms with Crippen molar-refractivity contribution in [3.05, 3.63) is 48.7 Å². The Morgan fingerprint density at radius 2 is 1.91 bits per heavy atom. The lowest BCUT2D eigenvalue weighted by Gasteiger charge is -1.98. The minimum Gasteiger partial charge on any atom is -0.0590 e. The van der Waals surface area contributed by atoms with Crippen molar-refractivity contribution in [3.63, 3.8) is 0 Å². The normalized spacial score (nSPS) is 10.0. The molecule has 58 valence electrons. The van der Waals surface area contributed by atoms with Gasteiger partial charge < -0.3 is 0 Å². The van der Waals surface area contributed by atoms with Gasteiger partial charge in [-0.2, -0.15) is 0 Å². The first-order valence-electron chi connectivity index (χ1n) is 4.02. The number of hydrogen-bond donors (Lipinski definition) is 0. The fourth-order valence-electron chi connectivity index (χ4n) is 0.971. The van der Waals surface area contributed by atoms with Crippen LogP contribution in [-0.4, -0.2) is 0 Å². The van der Waals surface area contributed by atoms with Crippen molar-refractivity contribution in [2.45, 2.75) is 19.8 Å². The first-order chi connectivity index (χ1) is 5.33. The highest BCUT2D eigenvalue weighted by atomic mass is 14.0. The second-order valence-electron chi connectivity index (χ2n) is 2.76. The zero-order chi connectivity index (χ0) is 8.10. The fourth-order valence-corrected chi connectivity index (χ4v) is 0.971. The molecule has 0 unspecified atom stereocenters. The summed E-state index contributed by atoms with van der Waals surface area (Å²) in [5.41, 5.74) is 2.62. The van der Waals surface area contributed by atoms with Crippen molar-refractivity contribution in [3.8, 4) is 0 Å². The molecule has 0 fully saturated rings. The highest BCUT2D eigenvalue weighted by Crippen LogP contribution is 2.08. The van der Waals surface area contributed by atoms with Gasteiger partial charge in [0.05, 0.1) is 0 Å². The van der Waals surface area contributed by atoms with E-state index in [0.717, 1.165) is 12.8 Å². The van der Waals surface area contributed by atoms with E-state index in [1.165, 1.54) is 11.1 Å². The summed E-state index contributed by atoms with van der Waals surface area (Å²) in [4.78, 5) is 0. The lowest BCUT2D eigenvalue weighted by molar-refractivity contribution is 0.988. The smallest absolute Gasteiger partial charge is 0.00931 e. The maximum Gasteiger partial charge on any atom is -0.00931 e. The molecule has 0 heteroatoms. The van der Waals surface area contributed by atoms with Crippen molar-refractivity contribution >= 4 is 0 Å². The topological polar surface area (TPSA) is 0 Å². The minimum absolute atomic E-state index is 0.980. The summed E-state index contributed by atoms with van der Waals surface area (Å²) in [6.07, 6.45) is 4.27. The molecule has 0 saturated carbocycles. The quantitative estimate of drug-likeness (QED) is 0.614. The van der Waals surface area contributed by atoms with Gasteiger partial charge in [-0.3, -0.25) is 0 Å². The van der Waals surface area contributed by atoms with Crippen molar-refractivity contribution in [2.24, 2.45) is 0 Å². The molecule has 11 heavy (non-hydrogen) atoms. The van der Waals surface area contributed by atoms with E-state index >= 15 is 0 Å². The molecule has 1 rings (SSSR count). The second kappa shape index (κ2) is 4.17. The molecule has 0 aromatic heterocycles. The molecule has 0 bridgehead atoms. The van der Waals surface area contributed by atoms with Crippen LogP contribution in [0.4, 0.5) is 0 Å². The lowest BCUT2D eigenvalue weighted by Crippen LogP contribution is -1.80. The zero-order valence-corrected chi connectivity index (χ0v) is 7.01. The van der Waals surface area contributed by atoms with Gasteiger partial charge >= 0.3 is 0 Å². The highest BCUT2D eigenvalue weighted by Gasteiger charge is 1.90. The molecular formula is C11H14. The van der Waals surface area contributed by atoms with Crippen molar-refractivity contribution < 1.29 is 0 Å². The predicted octanol–water partition coefficient (Wildman–Crippen LogP) is 3.16. The van der Waals surface area contributed by atoms with Crippen molar-refractivity contribution in [2.75, 3.05) is 0 Å². The summed E-state index contributed by atoms with van der Waals surface area (Å²) in [6, 6.07) is 8.56. The van der Waals surface area contributed by atoms with Crippen molar-refractivity contribution in [1.29, 1.82) is 0 Å². The van der Waals surface area contributed by atoms with Gasteiger partial charge in [0.1, 0.15) is 0 Å². The second-order valence-corrected chi connectivity index (χ2v) is 2.76. The maximum atomic E-state index is 3.79. The van der Waals surface area contributed by atoms with Gasteiger partial charge in [0.15, 0.2) is 0 Å². The van der Waals surface area contributed by atoms with Crippen LogP contribution in [0.25, 0.3) is 0 Å². The number of aryl methyl sites for hydroxylation is 1. The molecule has 0 heterocycles. The van der Waals surface area contributed by atoms with Crippen LogP contribution < -0.4 is 0 Å². The third-order valence-corrected chi connectivity index (χ3v) is 1.66. The first kappa shape index (κ1) is 8.32. The molecule has 0 atom stereocenters. The van der Waals surface area contributed by atoms with Crippen LogP contribution in [0.5, 0.6) is 0 Å². The maximum absolute atomic E-state index is 3.79. The van der Waals surface area contributed by atoms with Crippen LogP contribution >= 0.6 is 0 Å². The Hall–Kier alpha value is -0.780. The standard InChI is InChI=1S/C11H14/c1-3-4-5-11-8-6-10(2)7-9-11/h5-9H,1,3-4H2,2H3. The van der Waals surface area contributed by atoms with Crippen LogP contribution in [0.15, 0.2) is 24.3 Å². The lowest BCUT2D eigenvalue weighted by atomic mass is 10.1. The van der Waals surface area contributed by atoms with E-state index in [4.69, 9.17) is 0 Å². The van der Waals surface area contributed by atoms with Gasteiger partial charge in [-0.1, -0.05) is 43.2 Å². The van der Waals surface area contributed by atoms with Gasteiger partial charge in [-0.05, 0) is 25.3 Å². The van der Waals surface area contributed by atoms with E-state index in [2.05, 4.69) is 44.5 Å². The average Bonchev–Trinajstić information content (AvgIpc) is 2.04. The van der Waals surface area contributed by atoms with E-state index in [9.17, 15) is 0 Å². The molecule has 1 aromatic rings. The molecule has 0 N–H and O–H groups in total. The van der Waals surface area contributed by atoms with E-state index in [-0.39, 0.29) is 0 Å². The third kappa shape index (κ3) is 2.75. The van der Waals surface area contributed by atoms with E-state index in [0.29, 0.717) is 0 Å². The van der Waals surface area contributed by atoms with Crippen LogP contribution in [0.3, 0.4) is 0 Å². The number of benzene rings is 1. The van der Waals surface area contributed by atoms with Gasteiger partial charge in [0, 0.05) is 0 Å². The Kier molecular flexibility index (Phi) is 3.15. The van der Waals surface area contributed by atoms with Gasteiger partial charge in [-0.25, -0.2) is 0 Å². The third-order valence-electron chi connectivity index (χ3n) is 1.66. The van der Waals surface area contributed by atoms with Gasteiger partial charge in [0.2, 0.25) is 0 Å². The molecule has 0 nitrogen and oxygen atoms in total. The SMILES string of the molecule is [CH2]CC[CH]c1ccc(C)cc1. The Morgan fingerprint density at radius 1 is 1.27 bits per heavy atom. The zero-order valence-electron chi connectivity index (χ0n) is 7.01. The fraction of sp³-hybridized carbons (Fsp3) is 0.273. The average molecular weight is 146 g/mol. The predicted molar refractivity (Wildman–Crippen MR) is 49.2 cm³/mol. The van der Waals surface area contributed by atoms with Crippen LogP contribution in [0.1, 0.15) is 24.0 Å². The van der Waals surface area contributed by atoms with Gasteiger partial charge in [0.25, 0.3) is 0 Å². The summed E-state index contributed by atoms with van der Waals surface area (Å²) in [6.45, 7) is 5.89. The Labute approximate surface area is 69.3 Å². The molecule has 0 aliphatic rings. The molecular weight excluding hydrogens is 132 g/mol. The monoisotopic (exact) mass is 146 g/mol. The molecule has 2 radical (unpaired) electrons. The molecule has 0 amide bonds. The van der Waals surface area contributed by atoms with Crippen LogP contribution in [0.2, 0.25) is 0 Å². The van der Waals surface area contributed by atoms with Crippen LogP contribution in [-0.2, 0) is 0 Å². The Bertz CT molecular complexity index is 196. The van der Waals surface area contributed by atoms with Gasteiger partial charge in [-0.15, -0.1) is 0 Å². The minimum atomic E-state index is 0.980. The molecule has 0 aliphatic carbocycles. The summed E-state index contributed by atoms with van der Waals surface area (Å²) in [5.74, 6) is 0. The van der Waals surface area contributed by atoms with Crippen molar-refractivity contribution in [1.82, 2.24) is 0 Å². The van der Waals surface area contributed by atoms with E-state index < -0.39 is 0 Å². The van der Waals surface area contributed by atoms with E-state index in [1.807, 2.05) is 0 Å². The van der Waals surface area contributed by atoms with Crippen LogP contribution in [0, 0.1) is 20.3 Å². The summed E-state index contributed by atoms with van der Waals surface area (Å²) in [5, 5.41) is 0. The Morgan fingerprint density at radius 3 is 2.45 bits per heavy atom. The Balaban J connectivity index is 2.52. The first-order valence-corrected chi connectivity index (χ1v) is 4.02. The number of hydrogen-bond acceptors (Lipinski definition) is 0. The van der Waals surface area contributed by atoms with E-state index in [1.54, 1.807) is 0 Å². The molecule has 0 saturated heterocycles. The molecule has 0 aliphatic heterocycles. The largest absolute Gasteiger partial charge is 0.0590 e. The summed E-state index contributed by atoms with van der Waals surface area (Å²) >= 11 is 0. The summed E-state index contributed by atoms with van der Waals surface area (Å²) in [7, 11) is 0. The molecule has 0 spiro atoms. The molecule has 1 aromatic carbocycles. The number of rotatable bonds is 3. The summed E-state index contributed by atoms with van der Waals surface area (Å²) < 4.78 is 0. The highest BCUT2D eigenvalue weighted by molar-refractivity contribution is 5.26.